The molecule has 5 nitrogen and oxygen atoms in total. The molecule has 3 rings (SSSR count). The molecule has 2 aromatic heterocycles. The van der Waals surface area contributed by atoms with Crippen molar-refractivity contribution in [2.75, 3.05) is 6.54 Å². The van der Waals surface area contributed by atoms with Crippen LogP contribution in [0, 0.1) is 11.6 Å². The number of nitrogens with one attached hydrogen (secondary N) is 1. The Bertz CT molecular complexity index is 922. The number of carbonyl (C=O) groups excluding carboxylic acids is 1. The first-order chi connectivity index (χ1) is 12.5. The van der Waals surface area contributed by atoms with Crippen LogP contribution in [-0.2, 0) is 13.5 Å². The number of rotatable bonds is 6. The second-order valence-electron chi connectivity index (χ2n) is 5.90. The molecule has 2 heterocycles. The minimum atomic E-state index is -0.913. The van der Waals surface area contributed by atoms with Crippen molar-refractivity contribution in [3.05, 3.63) is 64.0 Å². The predicted molar refractivity (Wildman–Crippen MR) is 96.9 cm³/mol. The number of amides is 1. The van der Waals surface area contributed by atoms with Crippen molar-refractivity contribution in [3.8, 4) is 11.3 Å². The molecule has 0 aliphatic carbocycles. The first-order valence-corrected chi connectivity index (χ1v) is 8.87. The largest absolute Gasteiger partial charge is 0.347 e. The van der Waals surface area contributed by atoms with Crippen LogP contribution >= 0.6 is 11.3 Å². The molecule has 26 heavy (non-hydrogen) atoms. The van der Waals surface area contributed by atoms with Gasteiger partial charge >= 0.3 is 0 Å². The van der Waals surface area contributed by atoms with Gasteiger partial charge in [0.1, 0.15) is 0 Å². The van der Waals surface area contributed by atoms with Crippen LogP contribution in [0.15, 0.2) is 41.9 Å². The number of carbonyl (C=O) groups is 1. The average molecular weight is 376 g/mol. The lowest BCUT2D eigenvalue weighted by Crippen LogP contribution is -2.41. The topological polar surface area (TPSA) is 72.9 Å². The summed E-state index contributed by atoms with van der Waals surface area (Å²) in [7, 11) is 1.83. The van der Waals surface area contributed by atoms with E-state index in [-0.39, 0.29) is 18.5 Å². The summed E-state index contributed by atoms with van der Waals surface area (Å²) in [5.41, 5.74) is 8.12. The first-order valence-electron chi connectivity index (χ1n) is 7.99. The van der Waals surface area contributed by atoms with Gasteiger partial charge < -0.3 is 11.1 Å². The second kappa shape index (κ2) is 7.76. The number of nitrogens with zero attached hydrogens (tertiary/aromatic N) is 2. The number of thiophene rings is 1. The van der Waals surface area contributed by atoms with Crippen LogP contribution in [-0.4, -0.2) is 28.3 Å². The highest BCUT2D eigenvalue weighted by molar-refractivity contribution is 7.12. The van der Waals surface area contributed by atoms with Crippen LogP contribution in [0.4, 0.5) is 8.78 Å². The van der Waals surface area contributed by atoms with E-state index < -0.39 is 11.6 Å². The normalized spacial score (nSPS) is 12.2. The van der Waals surface area contributed by atoms with Crippen LogP contribution in [0.5, 0.6) is 0 Å². The van der Waals surface area contributed by atoms with Crippen molar-refractivity contribution < 1.29 is 13.6 Å². The molecule has 136 valence electrons. The monoisotopic (exact) mass is 376 g/mol. The fourth-order valence-electron chi connectivity index (χ4n) is 2.65. The number of halogens is 2. The summed E-state index contributed by atoms with van der Waals surface area (Å²) in [6.45, 7) is 0.185. The minimum absolute atomic E-state index is 0.185. The van der Waals surface area contributed by atoms with Gasteiger partial charge in [-0.05, 0) is 36.2 Å². The lowest BCUT2D eigenvalue weighted by atomic mass is 10.1. The Morgan fingerprint density at radius 1 is 1.31 bits per heavy atom. The van der Waals surface area contributed by atoms with Crippen LogP contribution in [0.3, 0.4) is 0 Å². The minimum Gasteiger partial charge on any atom is -0.347 e. The maximum Gasteiger partial charge on any atom is 0.261 e. The molecule has 1 atom stereocenters. The van der Waals surface area contributed by atoms with Gasteiger partial charge in [-0.1, -0.05) is 6.07 Å². The van der Waals surface area contributed by atoms with Crippen molar-refractivity contribution in [2.24, 2.45) is 12.8 Å². The molecule has 0 saturated carbocycles. The molecule has 1 amide bonds. The number of aryl methyl sites for hydroxylation is 1. The molecule has 0 saturated heterocycles. The molecule has 0 aliphatic heterocycles. The van der Waals surface area contributed by atoms with Crippen molar-refractivity contribution in [1.29, 1.82) is 0 Å². The summed E-state index contributed by atoms with van der Waals surface area (Å²) in [6.07, 6.45) is 2.01. The van der Waals surface area contributed by atoms with E-state index in [0.29, 0.717) is 16.9 Å². The zero-order valence-electron chi connectivity index (χ0n) is 14.1. The van der Waals surface area contributed by atoms with Crippen LogP contribution in [0.2, 0.25) is 0 Å². The Morgan fingerprint density at radius 3 is 2.77 bits per heavy atom. The summed E-state index contributed by atoms with van der Waals surface area (Å²) in [6, 6.07) is 6.96. The molecule has 0 spiro atoms. The van der Waals surface area contributed by atoms with Crippen molar-refractivity contribution >= 4 is 17.2 Å². The van der Waals surface area contributed by atoms with Gasteiger partial charge in [0, 0.05) is 36.8 Å². The summed E-state index contributed by atoms with van der Waals surface area (Å²) in [4.78, 5) is 13.0. The van der Waals surface area contributed by atoms with Crippen molar-refractivity contribution in [2.45, 2.75) is 12.5 Å². The average Bonchev–Trinajstić information content (AvgIpc) is 3.26. The zero-order valence-corrected chi connectivity index (χ0v) is 14.9. The van der Waals surface area contributed by atoms with Crippen LogP contribution < -0.4 is 11.1 Å². The van der Waals surface area contributed by atoms with Crippen LogP contribution in [0.25, 0.3) is 11.3 Å². The summed E-state index contributed by atoms with van der Waals surface area (Å²) < 4.78 is 28.1. The highest BCUT2D eigenvalue weighted by atomic mass is 32.1. The van der Waals surface area contributed by atoms with Gasteiger partial charge in [-0.2, -0.15) is 5.10 Å². The van der Waals surface area contributed by atoms with E-state index in [0.717, 1.165) is 23.4 Å². The zero-order chi connectivity index (χ0) is 18.7. The lowest BCUT2D eigenvalue weighted by Gasteiger charge is -2.16. The molecule has 0 radical (unpaired) electrons. The summed E-state index contributed by atoms with van der Waals surface area (Å²) in [5.74, 6) is -2.06. The molecule has 0 unspecified atom stereocenters. The van der Waals surface area contributed by atoms with Crippen molar-refractivity contribution in [3.63, 3.8) is 0 Å². The number of nitrogens with two attached hydrogens (primary N) is 1. The Morgan fingerprint density at radius 2 is 2.12 bits per heavy atom. The van der Waals surface area contributed by atoms with Gasteiger partial charge in [0.05, 0.1) is 10.6 Å². The molecule has 3 aromatic rings. The third-order valence-electron chi connectivity index (χ3n) is 4.03. The van der Waals surface area contributed by atoms with Gasteiger partial charge in [0.2, 0.25) is 0 Å². The van der Waals surface area contributed by atoms with Gasteiger partial charge in [0.15, 0.2) is 11.6 Å². The number of aromatic nitrogens is 2. The Labute approximate surface area is 153 Å². The van der Waals surface area contributed by atoms with E-state index >= 15 is 0 Å². The third-order valence-corrected chi connectivity index (χ3v) is 4.95. The highest BCUT2D eigenvalue weighted by Crippen LogP contribution is 2.25. The fourth-order valence-corrected chi connectivity index (χ4v) is 3.45. The second-order valence-corrected chi connectivity index (χ2v) is 6.81. The summed E-state index contributed by atoms with van der Waals surface area (Å²) in [5, 5.41) is 8.85. The molecular weight excluding hydrogens is 358 g/mol. The maximum absolute atomic E-state index is 13.3. The first kappa shape index (κ1) is 18.2. The van der Waals surface area contributed by atoms with Gasteiger partial charge in [0.25, 0.3) is 5.91 Å². The van der Waals surface area contributed by atoms with E-state index in [4.69, 9.17) is 5.73 Å². The van der Waals surface area contributed by atoms with E-state index in [1.807, 2.05) is 18.5 Å². The Balaban J connectivity index is 1.68. The smallest absolute Gasteiger partial charge is 0.261 e. The van der Waals surface area contributed by atoms with Crippen molar-refractivity contribution in [1.82, 2.24) is 15.1 Å². The quantitative estimate of drug-likeness (QED) is 0.695. The highest BCUT2D eigenvalue weighted by Gasteiger charge is 2.17. The van der Waals surface area contributed by atoms with E-state index in [2.05, 4.69) is 10.4 Å². The standard InChI is InChI=1S/C18H18F2N4OS/c1-24-16(4-5-22-24)12-8-17(26-10-12)18(25)23-13(9-21)6-11-2-3-14(19)15(20)7-11/h2-5,7-8,10,13H,6,9,21H2,1H3,(H,23,25)/t13-/m0/s1. The maximum atomic E-state index is 13.3. The number of benzene rings is 1. The molecule has 0 aliphatic rings. The SMILES string of the molecule is Cn1nccc1-c1csc(C(=O)N[C@H](CN)Cc2ccc(F)c(F)c2)c1. The predicted octanol–water partition coefficient (Wildman–Crippen LogP) is 2.73. The van der Waals surface area contributed by atoms with E-state index in [1.165, 1.54) is 17.4 Å². The van der Waals surface area contributed by atoms with E-state index in [1.54, 1.807) is 16.9 Å². The Kier molecular flexibility index (Phi) is 5.43. The molecule has 0 bridgehead atoms. The van der Waals surface area contributed by atoms with Gasteiger partial charge in [-0.25, -0.2) is 8.78 Å². The molecule has 8 heteroatoms. The fraction of sp³-hybridized carbons (Fsp3) is 0.222. The molecule has 0 fully saturated rings. The van der Waals surface area contributed by atoms with E-state index in [9.17, 15) is 13.6 Å². The Hall–Kier alpha value is -2.58. The third kappa shape index (κ3) is 3.97. The number of hydrogen-bond acceptors (Lipinski definition) is 4. The molecule has 3 N–H and O–H groups in total. The molecule has 1 aromatic carbocycles. The summed E-state index contributed by atoms with van der Waals surface area (Å²) >= 11 is 1.32. The van der Waals surface area contributed by atoms with Gasteiger partial charge in [-0.15, -0.1) is 11.3 Å². The van der Waals surface area contributed by atoms with Crippen LogP contribution in [0.1, 0.15) is 15.2 Å². The lowest BCUT2D eigenvalue weighted by molar-refractivity contribution is 0.0942. The van der Waals surface area contributed by atoms with Gasteiger partial charge in [-0.3, -0.25) is 9.48 Å². The number of hydrogen-bond donors (Lipinski definition) is 2. The molecular formula is C18H18F2N4OS.